The minimum Gasteiger partial charge on any atom is -0.399 e. The SMILES string of the molecule is CON=Cc1c(N)ncnc1Nc1ccc(C)c(F)c1. The van der Waals surface area contributed by atoms with Gasteiger partial charge in [-0.05, 0) is 24.6 Å². The fourth-order valence-corrected chi connectivity index (χ4v) is 1.55. The van der Waals surface area contributed by atoms with Crippen LogP contribution >= 0.6 is 0 Å². The first-order valence-corrected chi connectivity index (χ1v) is 5.82. The van der Waals surface area contributed by atoms with Crippen LogP contribution in [-0.4, -0.2) is 23.3 Å². The minimum absolute atomic E-state index is 0.246. The summed E-state index contributed by atoms with van der Waals surface area (Å²) in [5.41, 5.74) is 7.35. The number of halogens is 1. The molecule has 1 aromatic carbocycles. The van der Waals surface area contributed by atoms with E-state index >= 15 is 0 Å². The number of aromatic nitrogens is 2. The van der Waals surface area contributed by atoms with Crippen LogP contribution in [0.25, 0.3) is 0 Å². The zero-order valence-electron chi connectivity index (χ0n) is 11.1. The molecule has 0 aliphatic rings. The second kappa shape index (κ2) is 5.96. The number of nitrogens with zero attached hydrogens (tertiary/aromatic N) is 3. The van der Waals surface area contributed by atoms with Crippen molar-refractivity contribution in [2.45, 2.75) is 6.92 Å². The lowest BCUT2D eigenvalue weighted by Gasteiger charge is -2.10. The number of nitrogen functional groups attached to an aromatic ring is 1. The molecule has 0 unspecified atom stereocenters. The summed E-state index contributed by atoms with van der Waals surface area (Å²) >= 11 is 0. The molecule has 0 fully saturated rings. The maximum absolute atomic E-state index is 13.5. The van der Waals surface area contributed by atoms with Gasteiger partial charge in [0.2, 0.25) is 0 Å². The van der Waals surface area contributed by atoms with Crippen LogP contribution in [0.15, 0.2) is 29.7 Å². The largest absolute Gasteiger partial charge is 0.399 e. The molecule has 0 aliphatic heterocycles. The topological polar surface area (TPSA) is 85.4 Å². The Balaban J connectivity index is 2.35. The highest BCUT2D eigenvalue weighted by Gasteiger charge is 2.08. The lowest BCUT2D eigenvalue weighted by atomic mass is 10.2. The first kappa shape index (κ1) is 13.7. The van der Waals surface area contributed by atoms with Crippen molar-refractivity contribution in [3.8, 4) is 0 Å². The predicted octanol–water partition coefficient (Wildman–Crippen LogP) is 2.23. The van der Waals surface area contributed by atoms with Crippen LogP contribution in [0.4, 0.5) is 21.7 Å². The van der Waals surface area contributed by atoms with Gasteiger partial charge in [-0.15, -0.1) is 0 Å². The third-order valence-electron chi connectivity index (χ3n) is 2.64. The molecule has 104 valence electrons. The first-order chi connectivity index (χ1) is 9.61. The fourth-order valence-electron chi connectivity index (χ4n) is 1.55. The third kappa shape index (κ3) is 3.00. The summed E-state index contributed by atoms with van der Waals surface area (Å²) in [7, 11) is 1.42. The number of aryl methyl sites for hydroxylation is 1. The lowest BCUT2D eigenvalue weighted by Crippen LogP contribution is -2.05. The molecule has 0 aliphatic carbocycles. The molecule has 0 bridgehead atoms. The molecule has 7 heteroatoms. The Hall–Kier alpha value is -2.70. The van der Waals surface area contributed by atoms with Crippen molar-refractivity contribution in [1.82, 2.24) is 9.97 Å². The third-order valence-corrected chi connectivity index (χ3v) is 2.64. The van der Waals surface area contributed by atoms with Crippen molar-refractivity contribution in [3.05, 3.63) is 41.5 Å². The summed E-state index contributed by atoms with van der Waals surface area (Å²) in [6.45, 7) is 1.69. The van der Waals surface area contributed by atoms with E-state index in [1.54, 1.807) is 19.1 Å². The van der Waals surface area contributed by atoms with Crippen molar-refractivity contribution in [2.24, 2.45) is 5.16 Å². The van der Waals surface area contributed by atoms with Gasteiger partial charge in [0.25, 0.3) is 0 Å². The summed E-state index contributed by atoms with van der Waals surface area (Å²) < 4.78 is 13.5. The average Bonchev–Trinajstić information content (AvgIpc) is 2.42. The highest BCUT2D eigenvalue weighted by Crippen LogP contribution is 2.21. The molecular formula is C13H14FN5O. The predicted molar refractivity (Wildman–Crippen MR) is 75.5 cm³/mol. The smallest absolute Gasteiger partial charge is 0.144 e. The molecule has 0 saturated heterocycles. The van der Waals surface area contributed by atoms with E-state index in [1.807, 2.05) is 0 Å². The van der Waals surface area contributed by atoms with E-state index in [0.29, 0.717) is 22.6 Å². The van der Waals surface area contributed by atoms with E-state index in [2.05, 4.69) is 25.3 Å². The maximum atomic E-state index is 13.5. The molecule has 2 rings (SSSR count). The number of rotatable bonds is 4. The highest BCUT2D eigenvalue weighted by molar-refractivity contribution is 5.92. The molecule has 0 saturated carbocycles. The van der Waals surface area contributed by atoms with Gasteiger partial charge >= 0.3 is 0 Å². The Morgan fingerprint density at radius 1 is 1.40 bits per heavy atom. The lowest BCUT2D eigenvalue weighted by molar-refractivity contribution is 0.215. The van der Waals surface area contributed by atoms with Gasteiger partial charge in [0.1, 0.15) is 30.9 Å². The zero-order chi connectivity index (χ0) is 14.5. The zero-order valence-corrected chi connectivity index (χ0v) is 11.1. The van der Waals surface area contributed by atoms with Crippen LogP contribution in [0, 0.1) is 12.7 Å². The highest BCUT2D eigenvalue weighted by atomic mass is 19.1. The monoisotopic (exact) mass is 275 g/mol. The van der Waals surface area contributed by atoms with Gasteiger partial charge in [-0.2, -0.15) is 0 Å². The van der Waals surface area contributed by atoms with Gasteiger partial charge in [-0.25, -0.2) is 14.4 Å². The molecular weight excluding hydrogens is 261 g/mol. The van der Waals surface area contributed by atoms with Crippen LogP contribution < -0.4 is 11.1 Å². The van der Waals surface area contributed by atoms with Crippen molar-refractivity contribution in [2.75, 3.05) is 18.2 Å². The Bertz CT molecular complexity index is 645. The fraction of sp³-hybridized carbons (Fsp3) is 0.154. The van der Waals surface area contributed by atoms with Crippen LogP contribution in [-0.2, 0) is 4.84 Å². The quantitative estimate of drug-likeness (QED) is 0.660. The van der Waals surface area contributed by atoms with E-state index in [1.165, 1.54) is 25.7 Å². The number of oxime groups is 1. The van der Waals surface area contributed by atoms with Crippen LogP contribution in [0.3, 0.4) is 0 Å². The molecule has 0 spiro atoms. The van der Waals surface area contributed by atoms with Crippen molar-refractivity contribution in [1.29, 1.82) is 0 Å². The molecule has 0 amide bonds. The molecule has 0 radical (unpaired) electrons. The summed E-state index contributed by atoms with van der Waals surface area (Å²) in [5, 5.41) is 6.61. The summed E-state index contributed by atoms with van der Waals surface area (Å²) in [5.74, 6) is 0.363. The Morgan fingerprint density at radius 3 is 2.90 bits per heavy atom. The molecule has 1 heterocycles. The standard InChI is InChI=1S/C13H14FN5O/c1-8-3-4-9(5-11(8)14)19-13-10(6-18-20-2)12(15)16-7-17-13/h3-7H,1-2H3,(H3,15,16,17,19). The molecule has 20 heavy (non-hydrogen) atoms. The Labute approximate surface area is 115 Å². The van der Waals surface area contributed by atoms with E-state index in [0.717, 1.165) is 0 Å². The molecule has 6 nitrogen and oxygen atoms in total. The molecule has 3 N–H and O–H groups in total. The van der Waals surface area contributed by atoms with E-state index < -0.39 is 0 Å². The molecule has 0 atom stereocenters. The number of anilines is 3. The van der Waals surface area contributed by atoms with Gasteiger partial charge in [0, 0.05) is 5.69 Å². The van der Waals surface area contributed by atoms with E-state index in [9.17, 15) is 4.39 Å². The summed E-state index contributed by atoms with van der Waals surface area (Å²) in [6, 6.07) is 4.80. The van der Waals surface area contributed by atoms with Gasteiger partial charge < -0.3 is 15.9 Å². The van der Waals surface area contributed by atoms with Crippen molar-refractivity contribution < 1.29 is 9.23 Å². The minimum atomic E-state index is -0.302. The van der Waals surface area contributed by atoms with Crippen molar-refractivity contribution >= 4 is 23.5 Å². The number of hydrogen-bond donors (Lipinski definition) is 2. The van der Waals surface area contributed by atoms with Gasteiger partial charge in [-0.3, -0.25) is 0 Å². The van der Waals surface area contributed by atoms with Crippen LogP contribution in [0.5, 0.6) is 0 Å². The van der Waals surface area contributed by atoms with Crippen LogP contribution in [0.2, 0.25) is 0 Å². The second-order valence-corrected chi connectivity index (χ2v) is 4.03. The van der Waals surface area contributed by atoms with E-state index in [-0.39, 0.29) is 11.6 Å². The van der Waals surface area contributed by atoms with Gasteiger partial charge in [-0.1, -0.05) is 11.2 Å². The van der Waals surface area contributed by atoms with Gasteiger partial charge in [0.15, 0.2) is 0 Å². The number of nitrogens with one attached hydrogen (secondary N) is 1. The second-order valence-electron chi connectivity index (χ2n) is 4.03. The maximum Gasteiger partial charge on any atom is 0.144 e. The Morgan fingerprint density at radius 2 is 2.20 bits per heavy atom. The average molecular weight is 275 g/mol. The summed E-state index contributed by atoms with van der Waals surface area (Å²) in [4.78, 5) is 12.6. The van der Waals surface area contributed by atoms with Crippen molar-refractivity contribution in [3.63, 3.8) is 0 Å². The summed E-state index contributed by atoms with van der Waals surface area (Å²) in [6.07, 6.45) is 2.70. The first-order valence-electron chi connectivity index (χ1n) is 5.82. The molecule has 2 aromatic rings. The van der Waals surface area contributed by atoms with E-state index in [4.69, 9.17) is 5.73 Å². The number of nitrogens with two attached hydrogens (primary N) is 1. The van der Waals surface area contributed by atoms with Gasteiger partial charge in [0.05, 0.1) is 11.8 Å². The Kier molecular flexibility index (Phi) is 4.09. The molecule has 1 aromatic heterocycles. The normalized spacial score (nSPS) is 10.8. The number of benzene rings is 1. The van der Waals surface area contributed by atoms with Crippen LogP contribution in [0.1, 0.15) is 11.1 Å². The number of hydrogen-bond acceptors (Lipinski definition) is 6.